The zero-order valence-electron chi connectivity index (χ0n) is 24.6. The van der Waals surface area contributed by atoms with Gasteiger partial charge in [0, 0.05) is 5.31 Å². The second-order valence-electron chi connectivity index (χ2n) is 12.5. The van der Waals surface area contributed by atoms with Crippen LogP contribution in [0.5, 0.6) is 0 Å². The molecule has 0 saturated carbocycles. The van der Waals surface area contributed by atoms with Crippen molar-refractivity contribution >= 4 is 7.12 Å². The van der Waals surface area contributed by atoms with Gasteiger partial charge in [0.15, 0.2) is 0 Å². The molecular formula is C34H53BO2. The van der Waals surface area contributed by atoms with Crippen molar-refractivity contribution in [3.05, 3.63) is 71.8 Å². The van der Waals surface area contributed by atoms with Gasteiger partial charge in [0.25, 0.3) is 0 Å². The molecule has 0 radical (unpaired) electrons. The zero-order valence-corrected chi connectivity index (χ0v) is 24.6. The standard InChI is InChI=1S/C34H53BO2/c1-6-7-8-9-10-11-12-13-14-21-27-34(29-31-24-19-16-20-25-31,28-26-30-22-17-15-18-23-30)35-36-32(2,3)33(4,5)37-35/h15-20,22-25H,6-14,21,26-29H2,1-5H3. The van der Waals surface area contributed by atoms with Gasteiger partial charge in [-0.15, -0.1) is 0 Å². The molecule has 204 valence electrons. The summed E-state index contributed by atoms with van der Waals surface area (Å²) in [6.07, 6.45) is 17.9. The number of unbranched alkanes of at least 4 members (excludes halogenated alkanes) is 9. The van der Waals surface area contributed by atoms with Crippen LogP contribution in [-0.2, 0) is 22.2 Å². The average molecular weight is 505 g/mol. The van der Waals surface area contributed by atoms with Crippen molar-refractivity contribution in [3.63, 3.8) is 0 Å². The van der Waals surface area contributed by atoms with Gasteiger partial charge in [-0.2, -0.15) is 0 Å². The third-order valence-electron chi connectivity index (χ3n) is 8.93. The molecule has 1 heterocycles. The van der Waals surface area contributed by atoms with Crippen LogP contribution < -0.4 is 0 Å². The highest BCUT2D eigenvalue weighted by atomic mass is 16.7. The van der Waals surface area contributed by atoms with Crippen molar-refractivity contribution in [2.45, 2.75) is 141 Å². The molecule has 0 aliphatic carbocycles. The first-order valence-corrected chi connectivity index (χ1v) is 15.2. The van der Waals surface area contributed by atoms with Crippen molar-refractivity contribution < 1.29 is 9.31 Å². The van der Waals surface area contributed by atoms with Gasteiger partial charge in [0.05, 0.1) is 11.2 Å². The summed E-state index contributed by atoms with van der Waals surface area (Å²) < 4.78 is 13.6. The van der Waals surface area contributed by atoms with Gasteiger partial charge in [-0.3, -0.25) is 0 Å². The minimum atomic E-state index is -0.315. The van der Waals surface area contributed by atoms with E-state index in [-0.39, 0.29) is 23.6 Å². The van der Waals surface area contributed by atoms with Crippen LogP contribution in [0, 0.1) is 0 Å². The summed E-state index contributed by atoms with van der Waals surface area (Å²) in [5.41, 5.74) is 2.16. The lowest BCUT2D eigenvalue weighted by Crippen LogP contribution is -2.41. The first-order valence-electron chi connectivity index (χ1n) is 15.2. The van der Waals surface area contributed by atoms with E-state index in [0.717, 1.165) is 25.7 Å². The molecule has 0 amide bonds. The summed E-state index contributed by atoms with van der Waals surface area (Å²) in [5, 5.41) is -0.0532. The van der Waals surface area contributed by atoms with Crippen LogP contribution in [0.1, 0.15) is 123 Å². The number of rotatable bonds is 17. The van der Waals surface area contributed by atoms with E-state index in [1.165, 1.54) is 75.3 Å². The zero-order chi connectivity index (χ0) is 26.6. The Morgan fingerprint density at radius 1 is 0.595 bits per heavy atom. The Balaban J connectivity index is 1.71. The van der Waals surface area contributed by atoms with Crippen LogP contribution >= 0.6 is 0 Å². The Morgan fingerprint density at radius 3 is 1.57 bits per heavy atom. The number of hydrogen-bond donors (Lipinski definition) is 0. The molecule has 1 atom stereocenters. The van der Waals surface area contributed by atoms with Gasteiger partial charge in [-0.25, -0.2) is 0 Å². The van der Waals surface area contributed by atoms with Crippen molar-refractivity contribution in [2.24, 2.45) is 0 Å². The summed E-state index contributed by atoms with van der Waals surface area (Å²) in [5.74, 6) is 0. The van der Waals surface area contributed by atoms with Gasteiger partial charge in [0.2, 0.25) is 0 Å². The summed E-state index contributed by atoms with van der Waals surface area (Å²) in [7, 11) is -0.194. The van der Waals surface area contributed by atoms with Crippen LogP contribution in [-0.4, -0.2) is 18.3 Å². The topological polar surface area (TPSA) is 18.5 Å². The summed E-state index contributed by atoms with van der Waals surface area (Å²) in [6.45, 7) is 11.1. The normalized spacial score (nSPS) is 18.1. The lowest BCUT2D eigenvalue weighted by molar-refractivity contribution is 0.00578. The van der Waals surface area contributed by atoms with E-state index in [1.807, 2.05) is 0 Å². The van der Waals surface area contributed by atoms with Crippen LogP contribution in [0.3, 0.4) is 0 Å². The predicted molar refractivity (Wildman–Crippen MR) is 160 cm³/mol. The van der Waals surface area contributed by atoms with Gasteiger partial charge < -0.3 is 9.31 Å². The molecule has 2 aromatic rings. The largest absolute Gasteiger partial charge is 0.464 e. The molecule has 1 saturated heterocycles. The van der Waals surface area contributed by atoms with Crippen molar-refractivity contribution in [2.75, 3.05) is 0 Å². The summed E-state index contributed by atoms with van der Waals surface area (Å²) in [6, 6.07) is 22.0. The van der Waals surface area contributed by atoms with Crippen LogP contribution in [0.4, 0.5) is 0 Å². The molecule has 1 unspecified atom stereocenters. The van der Waals surface area contributed by atoms with Gasteiger partial charge in [-0.1, -0.05) is 132 Å². The Hall–Kier alpha value is -1.58. The SMILES string of the molecule is CCCCCCCCCCCCC(CCc1ccccc1)(Cc1ccccc1)B1OC(C)(C)C(C)(C)O1. The minimum absolute atomic E-state index is 0.0532. The molecule has 1 fully saturated rings. The third-order valence-corrected chi connectivity index (χ3v) is 8.93. The van der Waals surface area contributed by atoms with E-state index >= 15 is 0 Å². The number of benzene rings is 2. The van der Waals surface area contributed by atoms with E-state index in [4.69, 9.17) is 9.31 Å². The molecule has 1 aliphatic heterocycles. The van der Waals surface area contributed by atoms with Crippen molar-refractivity contribution in [3.8, 4) is 0 Å². The molecule has 2 aromatic carbocycles. The van der Waals surface area contributed by atoms with Gasteiger partial charge in [-0.05, 0) is 64.5 Å². The van der Waals surface area contributed by atoms with Crippen LogP contribution in [0.15, 0.2) is 60.7 Å². The highest BCUT2D eigenvalue weighted by Gasteiger charge is 2.58. The smallest absolute Gasteiger partial charge is 0.403 e. The van der Waals surface area contributed by atoms with Crippen molar-refractivity contribution in [1.29, 1.82) is 0 Å². The molecule has 0 spiro atoms. The predicted octanol–water partition coefficient (Wildman–Crippen LogP) is 10.0. The fourth-order valence-electron chi connectivity index (χ4n) is 5.72. The van der Waals surface area contributed by atoms with E-state index in [1.54, 1.807) is 0 Å². The van der Waals surface area contributed by atoms with E-state index in [0.29, 0.717) is 0 Å². The van der Waals surface area contributed by atoms with Crippen LogP contribution in [0.2, 0.25) is 5.31 Å². The fraction of sp³-hybridized carbons (Fsp3) is 0.647. The number of hydrogen-bond acceptors (Lipinski definition) is 2. The van der Waals surface area contributed by atoms with E-state index in [2.05, 4.69) is 95.3 Å². The second-order valence-corrected chi connectivity index (χ2v) is 12.5. The minimum Gasteiger partial charge on any atom is -0.403 e. The van der Waals surface area contributed by atoms with E-state index in [9.17, 15) is 0 Å². The van der Waals surface area contributed by atoms with E-state index < -0.39 is 0 Å². The first kappa shape index (κ1) is 30.0. The quantitative estimate of drug-likeness (QED) is 0.158. The number of aryl methyl sites for hydroxylation is 1. The Kier molecular flexibility index (Phi) is 11.8. The molecular weight excluding hydrogens is 451 g/mol. The maximum atomic E-state index is 6.81. The Morgan fingerprint density at radius 2 is 1.05 bits per heavy atom. The second kappa shape index (κ2) is 14.5. The summed E-state index contributed by atoms with van der Waals surface area (Å²) in [4.78, 5) is 0. The Bertz CT molecular complexity index is 863. The lowest BCUT2D eigenvalue weighted by Gasteiger charge is -2.36. The lowest BCUT2D eigenvalue weighted by atomic mass is 9.50. The van der Waals surface area contributed by atoms with Gasteiger partial charge in [0.1, 0.15) is 0 Å². The maximum absolute atomic E-state index is 6.81. The molecule has 0 N–H and O–H groups in total. The molecule has 3 rings (SSSR count). The van der Waals surface area contributed by atoms with Crippen LogP contribution in [0.25, 0.3) is 0 Å². The van der Waals surface area contributed by atoms with Gasteiger partial charge >= 0.3 is 7.12 Å². The fourth-order valence-corrected chi connectivity index (χ4v) is 5.72. The highest BCUT2D eigenvalue weighted by molar-refractivity contribution is 6.49. The monoisotopic (exact) mass is 504 g/mol. The molecule has 0 bridgehead atoms. The molecule has 3 heteroatoms. The maximum Gasteiger partial charge on any atom is 0.464 e. The average Bonchev–Trinajstić information content (AvgIpc) is 3.11. The molecule has 37 heavy (non-hydrogen) atoms. The highest BCUT2D eigenvalue weighted by Crippen LogP contribution is 2.52. The Labute approximate surface area is 229 Å². The molecule has 1 aliphatic rings. The molecule has 2 nitrogen and oxygen atoms in total. The molecule has 0 aromatic heterocycles. The third kappa shape index (κ3) is 9.00. The first-order chi connectivity index (χ1) is 17.8. The summed E-state index contributed by atoms with van der Waals surface area (Å²) >= 11 is 0. The van der Waals surface area contributed by atoms with Crippen molar-refractivity contribution in [1.82, 2.24) is 0 Å².